The molecule has 1 heterocycles. The smallest absolute Gasteiger partial charge is 0.0223 e. The van der Waals surface area contributed by atoms with Crippen molar-refractivity contribution in [1.82, 2.24) is 15.1 Å². The number of hydrogen-bond donors (Lipinski definition) is 1. The lowest BCUT2D eigenvalue weighted by molar-refractivity contribution is 0.148. The fourth-order valence-corrected chi connectivity index (χ4v) is 4.19. The van der Waals surface area contributed by atoms with Crippen LogP contribution in [0.5, 0.6) is 0 Å². The van der Waals surface area contributed by atoms with Crippen molar-refractivity contribution in [3.63, 3.8) is 0 Å². The molecule has 2 aliphatic rings. The summed E-state index contributed by atoms with van der Waals surface area (Å²) < 4.78 is 0. The van der Waals surface area contributed by atoms with E-state index in [-0.39, 0.29) is 0 Å². The van der Waals surface area contributed by atoms with Crippen molar-refractivity contribution in [2.45, 2.75) is 70.9 Å². The zero-order chi connectivity index (χ0) is 15.1. The van der Waals surface area contributed by atoms with Gasteiger partial charge in [0.15, 0.2) is 0 Å². The van der Waals surface area contributed by atoms with Gasteiger partial charge in [-0.3, -0.25) is 4.90 Å². The van der Waals surface area contributed by atoms with Gasteiger partial charge < -0.3 is 10.2 Å². The highest BCUT2D eigenvalue weighted by molar-refractivity contribution is 4.85. The Balaban J connectivity index is 1.92. The lowest BCUT2D eigenvalue weighted by Crippen LogP contribution is -2.50. The standard InChI is InChI=1S/C18H37N3/c1-4-11-19-18(17-9-6-5-7-10-17)15-21-13-8-12-20(3)14-16(21)2/h16-19H,4-15H2,1-3H3. The van der Waals surface area contributed by atoms with Gasteiger partial charge in [-0.1, -0.05) is 26.2 Å². The van der Waals surface area contributed by atoms with Crippen molar-refractivity contribution in [3.8, 4) is 0 Å². The number of likely N-dealkylation sites (N-methyl/N-ethyl adjacent to an activating group) is 1. The molecule has 1 saturated heterocycles. The van der Waals surface area contributed by atoms with Crippen LogP contribution >= 0.6 is 0 Å². The lowest BCUT2D eigenvalue weighted by Gasteiger charge is -2.37. The molecule has 1 saturated carbocycles. The highest BCUT2D eigenvalue weighted by atomic mass is 15.2. The summed E-state index contributed by atoms with van der Waals surface area (Å²) in [5, 5.41) is 3.88. The summed E-state index contributed by atoms with van der Waals surface area (Å²) in [5.41, 5.74) is 0. The maximum absolute atomic E-state index is 3.88. The van der Waals surface area contributed by atoms with Gasteiger partial charge in [0, 0.05) is 25.2 Å². The van der Waals surface area contributed by atoms with Crippen molar-refractivity contribution >= 4 is 0 Å². The second kappa shape index (κ2) is 9.12. The van der Waals surface area contributed by atoms with E-state index in [1.54, 1.807) is 0 Å². The van der Waals surface area contributed by atoms with Crippen LogP contribution in [0.2, 0.25) is 0 Å². The molecule has 0 radical (unpaired) electrons. The number of nitrogens with one attached hydrogen (secondary N) is 1. The van der Waals surface area contributed by atoms with E-state index < -0.39 is 0 Å². The van der Waals surface area contributed by atoms with E-state index in [0.29, 0.717) is 6.04 Å². The summed E-state index contributed by atoms with van der Waals surface area (Å²) >= 11 is 0. The third-order valence-electron chi connectivity index (χ3n) is 5.49. The van der Waals surface area contributed by atoms with Gasteiger partial charge in [0.05, 0.1) is 0 Å². The normalized spacial score (nSPS) is 28.4. The van der Waals surface area contributed by atoms with Gasteiger partial charge in [0.25, 0.3) is 0 Å². The first-order valence-electron chi connectivity index (χ1n) is 9.36. The van der Waals surface area contributed by atoms with E-state index in [0.717, 1.165) is 12.0 Å². The van der Waals surface area contributed by atoms with Crippen LogP contribution in [0.4, 0.5) is 0 Å². The van der Waals surface area contributed by atoms with Gasteiger partial charge in [-0.15, -0.1) is 0 Å². The first-order valence-corrected chi connectivity index (χ1v) is 9.36. The predicted octanol–water partition coefficient (Wildman–Crippen LogP) is 2.96. The lowest BCUT2D eigenvalue weighted by atomic mass is 9.83. The van der Waals surface area contributed by atoms with Gasteiger partial charge in [-0.2, -0.15) is 0 Å². The van der Waals surface area contributed by atoms with Crippen molar-refractivity contribution < 1.29 is 0 Å². The second-order valence-electron chi connectivity index (χ2n) is 7.42. The van der Waals surface area contributed by atoms with E-state index in [1.807, 2.05) is 0 Å². The Hall–Kier alpha value is -0.120. The first kappa shape index (κ1) is 17.2. The highest BCUT2D eigenvalue weighted by Gasteiger charge is 2.28. The molecule has 0 aromatic heterocycles. The van der Waals surface area contributed by atoms with E-state index in [9.17, 15) is 0 Å². The summed E-state index contributed by atoms with van der Waals surface area (Å²) in [6, 6.07) is 1.42. The van der Waals surface area contributed by atoms with Crippen LogP contribution in [0.1, 0.15) is 58.8 Å². The van der Waals surface area contributed by atoms with Gasteiger partial charge in [-0.05, 0) is 65.2 Å². The molecule has 2 unspecified atom stereocenters. The molecule has 1 N–H and O–H groups in total. The summed E-state index contributed by atoms with van der Waals surface area (Å²) in [6.45, 7) is 10.9. The van der Waals surface area contributed by atoms with E-state index in [4.69, 9.17) is 0 Å². The fraction of sp³-hybridized carbons (Fsp3) is 1.00. The first-order chi connectivity index (χ1) is 10.2. The summed E-state index contributed by atoms with van der Waals surface area (Å²) in [4.78, 5) is 5.26. The van der Waals surface area contributed by atoms with E-state index in [2.05, 4.69) is 36.0 Å². The molecule has 3 nitrogen and oxygen atoms in total. The molecule has 21 heavy (non-hydrogen) atoms. The van der Waals surface area contributed by atoms with Crippen LogP contribution in [-0.4, -0.2) is 61.7 Å². The SMILES string of the molecule is CCCNC(CN1CCCN(C)CC1C)C1CCCCC1. The molecule has 2 rings (SSSR count). The van der Waals surface area contributed by atoms with E-state index >= 15 is 0 Å². The van der Waals surface area contributed by atoms with Crippen LogP contribution in [0.15, 0.2) is 0 Å². The summed E-state index contributed by atoms with van der Waals surface area (Å²) in [5.74, 6) is 0.915. The predicted molar refractivity (Wildman–Crippen MR) is 91.8 cm³/mol. The average molecular weight is 296 g/mol. The zero-order valence-electron chi connectivity index (χ0n) is 14.6. The molecule has 1 aliphatic carbocycles. The topological polar surface area (TPSA) is 18.5 Å². The monoisotopic (exact) mass is 295 g/mol. The minimum atomic E-state index is 0.701. The Kier molecular flexibility index (Phi) is 7.48. The molecule has 2 atom stereocenters. The molecule has 0 aromatic carbocycles. The molecule has 124 valence electrons. The largest absolute Gasteiger partial charge is 0.312 e. The van der Waals surface area contributed by atoms with Crippen LogP contribution in [0.3, 0.4) is 0 Å². The van der Waals surface area contributed by atoms with Gasteiger partial charge >= 0.3 is 0 Å². The Morgan fingerprint density at radius 2 is 1.86 bits per heavy atom. The van der Waals surface area contributed by atoms with Crippen LogP contribution in [0.25, 0.3) is 0 Å². The Bertz CT molecular complexity index is 276. The van der Waals surface area contributed by atoms with Crippen molar-refractivity contribution in [2.75, 3.05) is 39.8 Å². The van der Waals surface area contributed by atoms with Gasteiger partial charge in [-0.25, -0.2) is 0 Å². The molecular formula is C18H37N3. The van der Waals surface area contributed by atoms with Crippen molar-refractivity contribution in [3.05, 3.63) is 0 Å². The van der Waals surface area contributed by atoms with Gasteiger partial charge in [0.1, 0.15) is 0 Å². The maximum atomic E-state index is 3.88. The number of rotatable bonds is 6. The Morgan fingerprint density at radius 1 is 1.10 bits per heavy atom. The third kappa shape index (κ3) is 5.54. The van der Waals surface area contributed by atoms with Crippen LogP contribution in [0, 0.1) is 5.92 Å². The summed E-state index contributed by atoms with van der Waals surface area (Å²) in [7, 11) is 2.27. The number of hydrogen-bond acceptors (Lipinski definition) is 3. The highest BCUT2D eigenvalue weighted by Crippen LogP contribution is 2.27. The van der Waals surface area contributed by atoms with Crippen LogP contribution < -0.4 is 5.32 Å². The fourth-order valence-electron chi connectivity index (χ4n) is 4.19. The minimum Gasteiger partial charge on any atom is -0.312 e. The molecule has 0 bridgehead atoms. The minimum absolute atomic E-state index is 0.701. The average Bonchev–Trinajstić information content (AvgIpc) is 2.65. The maximum Gasteiger partial charge on any atom is 0.0223 e. The van der Waals surface area contributed by atoms with Crippen molar-refractivity contribution in [2.24, 2.45) is 5.92 Å². The second-order valence-corrected chi connectivity index (χ2v) is 7.42. The Morgan fingerprint density at radius 3 is 2.57 bits per heavy atom. The molecule has 2 fully saturated rings. The molecular weight excluding hydrogens is 258 g/mol. The van der Waals surface area contributed by atoms with Crippen molar-refractivity contribution in [1.29, 1.82) is 0 Å². The summed E-state index contributed by atoms with van der Waals surface area (Å²) in [6.07, 6.45) is 9.84. The molecule has 1 aliphatic heterocycles. The number of nitrogens with zero attached hydrogens (tertiary/aromatic N) is 2. The molecule has 0 spiro atoms. The molecule has 3 heteroatoms. The van der Waals surface area contributed by atoms with Crippen LogP contribution in [-0.2, 0) is 0 Å². The zero-order valence-corrected chi connectivity index (χ0v) is 14.6. The quantitative estimate of drug-likeness (QED) is 0.813. The Labute approximate surface area is 132 Å². The molecule has 0 amide bonds. The van der Waals surface area contributed by atoms with E-state index in [1.165, 1.54) is 77.7 Å². The third-order valence-corrected chi connectivity index (χ3v) is 5.49. The van der Waals surface area contributed by atoms with Gasteiger partial charge in [0.2, 0.25) is 0 Å². The molecule has 0 aromatic rings.